The van der Waals surface area contributed by atoms with Gasteiger partial charge in [0.25, 0.3) is 10.0 Å². The monoisotopic (exact) mass is 315 g/mol. The van der Waals surface area contributed by atoms with E-state index in [1.165, 1.54) is 12.3 Å². The molecule has 0 amide bonds. The summed E-state index contributed by atoms with van der Waals surface area (Å²) >= 11 is 0. The molecule has 21 heavy (non-hydrogen) atoms. The summed E-state index contributed by atoms with van der Waals surface area (Å²) in [5.74, 6) is -1.59. The molecular formula is C13H15F2N3O2S. The summed E-state index contributed by atoms with van der Waals surface area (Å²) in [6.07, 6.45) is 1.40. The Hall–Kier alpha value is -1.93. The van der Waals surface area contributed by atoms with Crippen LogP contribution >= 0.6 is 0 Å². The van der Waals surface area contributed by atoms with E-state index in [9.17, 15) is 17.2 Å². The van der Waals surface area contributed by atoms with Crippen molar-refractivity contribution >= 4 is 15.7 Å². The highest BCUT2D eigenvalue weighted by Gasteiger charge is 2.19. The predicted octanol–water partition coefficient (Wildman–Crippen LogP) is 2.05. The average molecular weight is 315 g/mol. The van der Waals surface area contributed by atoms with Crippen LogP contribution in [0.2, 0.25) is 0 Å². The fraction of sp³-hybridized carbons (Fsp3) is 0.231. The summed E-state index contributed by atoms with van der Waals surface area (Å²) in [6.45, 7) is 2.57. The number of benzene rings is 1. The Kier molecular flexibility index (Phi) is 4.29. The Morgan fingerprint density at radius 2 is 2.00 bits per heavy atom. The van der Waals surface area contributed by atoms with Crippen LogP contribution in [0.25, 0.3) is 0 Å². The highest BCUT2D eigenvalue weighted by molar-refractivity contribution is 7.92. The summed E-state index contributed by atoms with van der Waals surface area (Å²) in [5.41, 5.74) is 5.73. The van der Waals surface area contributed by atoms with Crippen molar-refractivity contribution in [2.24, 2.45) is 5.73 Å². The smallest absolute Gasteiger partial charge is 0.263 e. The third-order valence-electron chi connectivity index (χ3n) is 2.99. The van der Waals surface area contributed by atoms with E-state index in [0.717, 1.165) is 18.2 Å². The first-order chi connectivity index (χ1) is 9.87. The molecule has 1 aromatic carbocycles. The minimum Gasteiger partial charge on any atom is -0.349 e. The zero-order chi connectivity index (χ0) is 15.6. The Labute approximate surface area is 121 Å². The number of hydrogen-bond acceptors (Lipinski definition) is 3. The fourth-order valence-corrected chi connectivity index (χ4v) is 3.04. The van der Waals surface area contributed by atoms with Crippen LogP contribution < -0.4 is 10.5 Å². The van der Waals surface area contributed by atoms with Gasteiger partial charge in [-0.05, 0) is 25.1 Å². The van der Waals surface area contributed by atoms with Crippen molar-refractivity contribution in [3.05, 3.63) is 47.8 Å². The standard InChI is InChI=1S/C13H15F2N3O2S/c1-2-18-8-11(6-10(18)7-16)21(19,20)17-13-5-9(14)3-4-12(13)15/h3-6,8,17H,2,7,16H2,1H3. The van der Waals surface area contributed by atoms with Crippen LogP contribution in [0.15, 0.2) is 35.4 Å². The van der Waals surface area contributed by atoms with Crippen molar-refractivity contribution in [1.29, 1.82) is 0 Å². The molecule has 0 aliphatic rings. The van der Waals surface area contributed by atoms with Gasteiger partial charge in [-0.1, -0.05) is 0 Å². The topological polar surface area (TPSA) is 77.1 Å². The largest absolute Gasteiger partial charge is 0.349 e. The zero-order valence-electron chi connectivity index (χ0n) is 11.3. The van der Waals surface area contributed by atoms with Crippen LogP contribution in [0, 0.1) is 11.6 Å². The molecule has 8 heteroatoms. The molecule has 0 unspecified atom stereocenters. The molecule has 0 atom stereocenters. The minimum atomic E-state index is -4.01. The normalized spacial score (nSPS) is 11.6. The van der Waals surface area contributed by atoms with Gasteiger partial charge in [0.05, 0.1) is 5.69 Å². The molecule has 0 aliphatic carbocycles. The first-order valence-corrected chi connectivity index (χ1v) is 7.72. The van der Waals surface area contributed by atoms with Gasteiger partial charge >= 0.3 is 0 Å². The van der Waals surface area contributed by atoms with E-state index in [1.807, 2.05) is 11.6 Å². The van der Waals surface area contributed by atoms with Gasteiger partial charge in [-0.25, -0.2) is 17.2 Å². The summed E-state index contributed by atoms with van der Waals surface area (Å²) in [7, 11) is -4.01. The molecule has 3 N–H and O–H groups in total. The van der Waals surface area contributed by atoms with Gasteiger partial charge in [-0.2, -0.15) is 0 Å². The number of rotatable bonds is 5. The maximum Gasteiger partial charge on any atom is 0.263 e. The van der Waals surface area contributed by atoms with Crippen LogP contribution in [0.4, 0.5) is 14.5 Å². The minimum absolute atomic E-state index is 0.0477. The summed E-state index contributed by atoms with van der Waals surface area (Å²) in [4.78, 5) is -0.0477. The van der Waals surface area contributed by atoms with Crippen LogP contribution in [0.5, 0.6) is 0 Å². The average Bonchev–Trinajstić information content (AvgIpc) is 2.86. The van der Waals surface area contributed by atoms with Crippen molar-refractivity contribution in [2.75, 3.05) is 4.72 Å². The van der Waals surface area contributed by atoms with Crippen molar-refractivity contribution < 1.29 is 17.2 Å². The lowest BCUT2D eigenvalue weighted by atomic mass is 10.3. The SMILES string of the molecule is CCn1cc(S(=O)(=O)Nc2cc(F)ccc2F)cc1CN. The number of sulfonamides is 1. The van der Waals surface area contributed by atoms with Gasteiger partial charge in [0, 0.05) is 31.0 Å². The van der Waals surface area contributed by atoms with Crippen LogP contribution in [-0.4, -0.2) is 13.0 Å². The number of aromatic nitrogens is 1. The molecule has 0 aliphatic heterocycles. The van der Waals surface area contributed by atoms with Gasteiger partial charge in [-0.3, -0.25) is 4.72 Å². The van der Waals surface area contributed by atoms with E-state index in [0.29, 0.717) is 12.2 Å². The Morgan fingerprint density at radius 3 is 2.57 bits per heavy atom. The number of anilines is 1. The van der Waals surface area contributed by atoms with E-state index in [4.69, 9.17) is 5.73 Å². The number of nitrogens with two attached hydrogens (primary N) is 1. The third kappa shape index (κ3) is 3.22. The maximum atomic E-state index is 13.5. The summed E-state index contributed by atoms with van der Waals surface area (Å²) < 4.78 is 54.7. The number of nitrogens with one attached hydrogen (secondary N) is 1. The maximum absolute atomic E-state index is 13.5. The molecule has 114 valence electrons. The Morgan fingerprint density at radius 1 is 1.29 bits per heavy atom. The second-order valence-corrected chi connectivity index (χ2v) is 6.07. The van der Waals surface area contributed by atoms with Crippen LogP contribution in [0.1, 0.15) is 12.6 Å². The fourth-order valence-electron chi connectivity index (χ4n) is 1.92. The molecule has 0 fully saturated rings. The van der Waals surface area contributed by atoms with Gasteiger partial charge in [0.2, 0.25) is 0 Å². The van der Waals surface area contributed by atoms with Crippen molar-refractivity contribution in [3.63, 3.8) is 0 Å². The van der Waals surface area contributed by atoms with Crippen LogP contribution in [0.3, 0.4) is 0 Å². The number of aryl methyl sites for hydroxylation is 1. The lowest BCUT2D eigenvalue weighted by Gasteiger charge is -2.07. The van der Waals surface area contributed by atoms with E-state index in [1.54, 1.807) is 4.57 Å². The molecule has 0 saturated heterocycles. The molecule has 0 saturated carbocycles. The van der Waals surface area contributed by atoms with E-state index >= 15 is 0 Å². The van der Waals surface area contributed by atoms with E-state index in [-0.39, 0.29) is 11.4 Å². The quantitative estimate of drug-likeness (QED) is 0.886. The molecular weight excluding hydrogens is 300 g/mol. The number of halogens is 2. The molecule has 2 rings (SSSR count). The molecule has 5 nitrogen and oxygen atoms in total. The molecule has 1 aromatic heterocycles. The molecule has 0 bridgehead atoms. The lowest BCUT2D eigenvalue weighted by molar-refractivity contribution is 0.594. The van der Waals surface area contributed by atoms with Gasteiger partial charge < -0.3 is 10.3 Å². The Balaban J connectivity index is 2.38. The molecule has 0 radical (unpaired) electrons. The second-order valence-electron chi connectivity index (χ2n) is 4.39. The highest BCUT2D eigenvalue weighted by atomic mass is 32.2. The van der Waals surface area contributed by atoms with Gasteiger partial charge in [0.1, 0.15) is 16.5 Å². The summed E-state index contributed by atoms with van der Waals surface area (Å²) in [5, 5.41) is 0. The summed E-state index contributed by atoms with van der Waals surface area (Å²) in [6, 6.07) is 3.96. The Bertz CT molecular complexity index is 735. The van der Waals surface area contributed by atoms with Crippen molar-refractivity contribution in [1.82, 2.24) is 4.57 Å². The zero-order valence-corrected chi connectivity index (χ0v) is 12.1. The van der Waals surface area contributed by atoms with Crippen molar-refractivity contribution in [2.45, 2.75) is 24.9 Å². The third-order valence-corrected chi connectivity index (χ3v) is 4.33. The second kappa shape index (κ2) is 5.82. The molecule has 1 heterocycles. The first-order valence-electron chi connectivity index (χ1n) is 6.24. The van der Waals surface area contributed by atoms with Crippen molar-refractivity contribution in [3.8, 4) is 0 Å². The lowest BCUT2D eigenvalue weighted by Crippen LogP contribution is -2.13. The van der Waals surface area contributed by atoms with Gasteiger partial charge in [0.15, 0.2) is 0 Å². The number of nitrogens with zero attached hydrogens (tertiary/aromatic N) is 1. The predicted molar refractivity (Wildman–Crippen MR) is 75.2 cm³/mol. The number of hydrogen-bond donors (Lipinski definition) is 2. The van der Waals surface area contributed by atoms with E-state index < -0.39 is 27.3 Å². The first kappa shape index (κ1) is 15.5. The van der Waals surface area contributed by atoms with Crippen LogP contribution in [-0.2, 0) is 23.1 Å². The molecule has 2 aromatic rings. The van der Waals surface area contributed by atoms with Gasteiger partial charge in [-0.15, -0.1) is 0 Å². The molecule has 0 spiro atoms. The highest BCUT2D eigenvalue weighted by Crippen LogP contribution is 2.21. The van der Waals surface area contributed by atoms with E-state index in [2.05, 4.69) is 0 Å².